The maximum absolute atomic E-state index is 11.2. The second-order valence-electron chi connectivity index (χ2n) is 3.83. The molecule has 2 N–H and O–H groups in total. The van der Waals surface area contributed by atoms with Gasteiger partial charge in [-0.2, -0.15) is 0 Å². The molecule has 0 aromatic carbocycles. The number of hydrogen-bond acceptors (Lipinski definition) is 2. The second-order valence-corrected chi connectivity index (χ2v) is 3.83. The van der Waals surface area contributed by atoms with Crippen LogP contribution in [0.3, 0.4) is 0 Å². The van der Waals surface area contributed by atoms with Gasteiger partial charge < -0.3 is 5.73 Å². The van der Waals surface area contributed by atoms with Gasteiger partial charge in [-0.3, -0.25) is 9.78 Å². The van der Waals surface area contributed by atoms with Crippen molar-refractivity contribution in [1.82, 2.24) is 4.98 Å². The highest BCUT2D eigenvalue weighted by Gasteiger charge is 2.10. The molecule has 0 radical (unpaired) electrons. The smallest absolute Gasteiger partial charge is 0.250 e. The molecule has 0 saturated carbocycles. The summed E-state index contributed by atoms with van der Waals surface area (Å²) in [7, 11) is 0. The quantitative estimate of drug-likeness (QED) is 0.836. The zero-order chi connectivity index (χ0) is 11.4. The van der Waals surface area contributed by atoms with Crippen LogP contribution in [0.2, 0.25) is 0 Å². The summed E-state index contributed by atoms with van der Waals surface area (Å²) in [6, 6.07) is 3.46. The predicted molar refractivity (Wildman–Crippen MR) is 62.9 cm³/mol. The summed E-state index contributed by atoms with van der Waals surface area (Å²) in [6.45, 7) is 0. The maximum Gasteiger partial charge on any atom is 0.250 e. The van der Waals surface area contributed by atoms with Gasteiger partial charge in [0.2, 0.25) is 0 Å². The molecule has 0 bridgehead atoms. The third-order valence-corrected chi connectivity index (χ3v) is 2.65. The van der Waals surface area contributed by atoms with Crippen LogP contribution in [0.4, 0.5) is 0 Å². The molecule has 0 saturated heterocycles. The summed E-state index contributed by atoms with van der Waals surface area (Å²) < 4.78 is 0. The van der Waals surface area contributed by atoms with Crippen LogP contribution >= 0.6 is 0 Å². The van der Waals surface area contributed by atoms with E-state index in [1.807, 2.05) is 6.08 Å². The third kappa shape index (κ3) is 2.37. The molecular formula is C13H14N2O. The largest absolute Gasteiger partial charge is 0.366 e. The molecule has 1 aromatic heterocycles. The summed E-state index contributed by atoms with van der Waals surface area (Å²) >= 11 is 0. The number of hydrogen-bond donors (Lipinski definition) is 1. The van der Waals surface area contributed by atoms with E-state index in [9.17, 15) is 4.79 Å². The molecule has 0 atom stereocenters. The molecule has 0 unspecified atom stereocenters. The number of rotatable bonds is 3. The fraction of sp³-hybridized carbons (Fsp3) is 0.231. The highest BCUT2D eigenvalue weighted by Crippen LogP contribution is 2.18. The van der Waals surface area contributed by atoms with Crippen LogP contribution in [0.25, 0.3) is 0 Å². The number of carbonyl (C=O) groups is 1. The predicted octanol–water partition coefficient (Wildman–Crippen LogP) is 2.00. The lowest BCUT2D eigenvalue weighted by Crippen LogP contribution is -2.15. The Bertz CT molecular complexity index is 461. The molecule has 0 aliphatic heterocycles. The van der Waals surface area contributed by atoms with Crippen molar-refractivity contribution in [3.8, 4) is 0 Å². The van der Waals surface area contributed by atoms with Crippen LogP contribution in [-0.2, 0) is 6.42 Å². The average molecular weight is 214 g/mol. The molecule has 0 fully saturated rings. The summed E-state index contributed by atoms with van der Waals surface area (Å²) in [5.41, 5.74) is 7.90. The topological polar surface area (TPSA) is 56.0 Å². The van der Waals surface area contributed by atoms with E-state index in [1.165, 1.54) is 5.57 Å². The number of aromatic nitrogens is 1. The van der Waals surface area contributed by atoms with Crippen molar-refractivity contribution in [1.29, 1.82) is 0 Å². The van der Waals surface area contributed by atoms with Crippen LogP contribution in [0, 0.1) is 0 Å². The van der Waals surface area contributed by atoms with Crippen molar-refractivity contribution in [3.05, 3.63) is 53.4 Å². The van der Waals surface area contributed by atoms with E-state index in [-0.39, 0.29) is 0 Å². The van der Waals surface area contributed by atoms with Crippen LogP contribution in [-0.4, -0.2) is 10.9 Å². The fourth-order valence-corrected chi connectivity index (χ4v) is 1.82. The molecule has 3 nitrogen and oxygen atoms in total. The van der Waals surface area contributed by atoms with E-state index < -0.39 is 5.91 Å². The summed E-state index contributed by atoms with van der Waals surface area (Å²) in [6.07, 6.45) is 10.8. The van der Waals surface area contributed by atoms with Gasteiger partial charge in [0.25, 0.3) is 5.91 Å². The summed E-state index contributed by atoms with van der Waals surface area (Å²) in [5, 5.41) is 0. The number of nitrogens with two attached hydrogens (primary N) is 1. The van der Waals surface area contributed by atoms with Crippen molar-refractivity contribution in [2.24, 2.45) is 5.73 Å². The van der Waals surface area contributed by atoms with Gasteiger partial charge in [0.1, 0.15) is 0 Å². The number of carbonyl (C=O) groups excluding carboxylic acids is 1. The number of primary amides is 1. The third-order valence-electron chi connectivity index (χ3n) is 2.65. The monoisotopic (exact) mass is 214 g/mol. The Morgan fingerprint density at radius 1 is 1.50 bits per heavy atom. The molecule has 1 heterocycles. The lowest BCUT2D eigenvalue weighted by Gasteiger charge is -2.10. The van der Waals surface area contributed by atoms with E-state index in [4.69, 9.17) is 5.73 Å². The fourth-order valence-electron chi connectivity index (χ4n) is 1.82. The minimum Gasteiger partial charge on any atom is -0.366 e. The minimum absolute atomic E-state index is 0.407. The normalized spacial score (nSPS) is 14.6. The number of allylic oxidation sites excluding steroid dienone is 4. The van der Waals surface area contributed by atoms with E-state index in [0.29, 0.717) is 12.0 Å². The SMILES string of the molecule is NC(=O)c1cccnc1CC1=CC=CCC1. The van der Waals surface area contributed by atoms with Gasteiger partial charge in [-0.05, 0) is 25.0 Å². The van der Waals surface area contributed by atoms with Gasteiger partial charge in [-0.1, -0.05) is 23.8 Å². The Labute approximate surface area is 94.7 Å². The van der Waals surface area contributed by atoms with Gasteiger partial charge in [0, 0.05) is 12.6 Å². The zero-order valence-electron chi connectivity index (χ0n) is 9.02. The molecule has 1 aliphatic rings. The first-order chi connectivity index (χ1) is 7.77. The van der Waals surface area contributed by atoms with Crippen molar-refractivity contribution < 1.29 is 4.79 Å². The zero-order valence-corrected chi connectivity index (χ0v) is 9.02. The molecule has 82 valence electrons. The van der Waals surface area contributed by atoms with Gasteiger partial charge >= 0.3 is 0 Å². The second kappa shape index (κ2) is 4.75. The lowest BCUT2D eigenvalue weighted by atomic mass is 9.98. The number of nitrogens with zero attached hydrogens (tertiary/aromatic N) is 1. The van der Waals surface area contributed by atoms with E-state index in [0.717, 1.165) is 18.5 Å². The van der Waals surface area contributed by atoms with Crippen LogP contribution in [0.1, 0.15) is 28.9 Å². The number of pyridine rings is 1. The molecule has 1 amide bonds. The Morgan fingerprint density at radius 3 is 3.06 bits per heavy atom. The summed E-state index contributed by atoms with van der Waals surface area (Å²) in [4.78, 5) is 15.4. The first kappa shape index (κ1) is 10.6. The molecule has 1 aliphatic carbocycles. The molecule has 2 rings (SSSR count). The van der Waals surface area contributed by atoms with Crippen molar-refractivity contribution in [3.63, 3.8) is 0 Å². The molecule has 3 heteroatoms. The van der Waals surface area contributed by atoms with E-state index in [2.05, 4.69) is 17.1 Å². The van der Waals surface area contributed by atoms with Crippen LogP contribution in [0.5, 0.6) is 0 Å². The molecular weight excluding hydrogens is 200 g/mol. The first-order valence-electron chi connectivity index (χ1n) is 5.35. The van der Waals surface area contributed by atoms with Crippen molar-refractivity contribution in [2.45, 2.75) is 19.3 Å². The standard InChI is InChI=1S/C13H14N2O/c14-13(16)11-7-4-8-15-12(11)9-10-5-2-1-3-6-10/h1-2,4-5,7-8H,3,6,9H2,(H2,14,16). The highest BCUT2D eigenvalue weighted by atomic mass is 16.1. The van der Waals surface area contributed by atoms with Crippen molar-refractivity contribution in [2.75, 3.05) is 0 Å². The van der Waals surface area contributed by atoms with Crippen LogP contribution in [0.15, 0.2) is 42.1 Å². The van der Waals surface area contributed by atoms with E-state index in [1.54, 1.807) is 18.3 Å². The maximum atomic E-state index is 11.2. The number of amides is 1. The van der Waals surface area contributed by atoms with Gasteiger partial charge in [-0.15, -0.1) is 0 Å². The Morgan fingerprint density at radius 2 is 2.38 bits per heavy atom. The van der Waals surface area contributed by atoms with Crippen LogP contribution < -0.4 is 5.73 Å². The minimum atomic E-state index is -0.407. The van der Waals surface area contributed by atoms with Gasteiger partial charge in [0.05, 0.1) is 11.3 Å². The van der Waals surface area contributed by atoms with Gasteiger partial charge in [-0.25, -0.2) is 0 Å². The van der Waals surface area contributed by atoms with E-state index >= 15 is 0 Å². The molecule has 0 spiro atoms. The summed E-state index contributed by atoms with van der Waals surface area (Å²) in [5.74, 6) is -0.407. The lowest BCUT2D eigenvalue weighted by molar-refractivity contribution is 0.0999. The molecule has 1 aromatic rings. The first-order valence-corrected chi connectivity index (χ1v) is 5.35. The Balaban J connectivity index is 2.23. The van der Waals surface area contributed by atoms with Crippen molar-refractivity contribution >= 4 is 5.91 Å². The Kier molecular flexibility index (Phi) is 3.15. The molecule has 16 heavy (non-hydrogen) atoms. The average Bonchev–Trinajstić information content (AvgIpc) is 2.31. The Hall–Kier alpha value is -1.90. The van der Waals surface area contributed by atoms with Gasteiger partial charge in [0.15, 0.2) is 0 Å². The highest BCUT2D eigenvalue weighted by molar-refractivity contribution is 5.93.